The molecule has 1 N–H and O–H groups in total. The number of nitrogens with zero attached hydrogens (tertiary/aromatic N) is 1. The van der Waals surface area contributed by atoms with Gasteiger partial charge in [-0.1, -0.05) is 36.8 Å². The Morgan fingerprint density at radius 2 is 1.75 bits per heavy atom. The van der Waals surface area contributed by atoms with Gasteiger partial charge in [0.25, 0.3) is 0 Å². The first-order valence-corrected chi connectivity index (χ1v) is 8.11. The van der Waals surface area contributed by atoms with Crippen LogP contribution >= 0.6 is 0 Å². The van der Waals surface area contributed by atoms with Crippen molar-refractivity contribution in [1.82, 2.24) is 10.2 Å². The van der Waals surface area contributed by atoms with Gasteiger partial charge in [-0.3, -0.25) is 4.90 Å². The molecule has 2 heteroatoms. The number of likely N-dealkylation sites (tertiary alicyclic amines) is 1. The molecule has 1 fully saturated rings. The van der Waals surface area contributed by atoms with E-state index in [4.69, 9.17) is 0 Å². The molecule has 0 saturated carbocycles. The minimum atomic E-state index is 0.240. The van der Waals surface area contributed by atoms with Crippen LogP contribution in [0.4, 0.5) is 0 Å². The number of hydrogen-bond donors (Lipinski definition) is 1. The highest BCUT2D eigenvalue weighted by Gasteiger charge is 2.34. The van der Waals surface area contributed by atoms with Gasteiger partial charge >= 0.3 is 0 Å². The zero-order valence-electron chi connectivity index (χ0n) is 13.4. The number of benzene rings is 1. The Kier molecular flexibility index (Phi) is 5.62. The second-order valence-corrected chi connectivity index (χ2v) is 6.57. The molecule has 1 unspecified atom stereocenters. The Balaban J connectivity index is 1.95. The SMILES string of the molecule is CNC(CCc1ccccc1)C(C)(C)N1CCCCC1. The number of aryl methyl sites for hydroxylation is 1. The van der Waals surface area contributed by atoms with Crippen molar-refractivity contribution in [2.45, 2.75) is 57.5 Å². The number of nitrogens with one attached hydrogen (secondary N) is 1. The summed E-state index contributed by atoms with van der Waals surface area (Å²) < 4.78 is 0. The fourth-order valence-electron chi connectivity index (χ4n) is 3.50. The summed E-state index contributed by atoms with van der Waals surface area (Å²) in [7, 11) is 2.11. The van der Waals surface area contributed by atoms with E-state index in [-0.39, 0.29) is 5.54 Å². The molecule has 1 atom stereocenters. The average molecular weight is 274 g/mol. The highest BCUT2D eigenvalue weighted by atomic mass is 15.2. The van der Waals surface area contributed by atoms with Crippen LogP contribution in [-0.2, 0) is 6.42 Å². The number of hydrogen-bond acceptors (Lipinski definition) is 2. The van der Waals surface area contributed by atoms with Crippen molar-refractivity contribution in [2.24, 2.45) is 0 Å². The standard InChI is InChI=1S/C18H30N2/c1-18(2,20-14-8-5-9-15-20)17(19-3)13-12-16-10-6-4-7-11-16/h4,6-7,10-11,17,19H,5,8-9,12-15H2,1-3H3. The maximum Gasteiger partial charge on any atom is 0.0306 e. The zero-order chi connectivity index (χ0) is 14.4. The van der Waals surface area contributed by atoms with Crippen LogP contribution in [0.2, 0.25) is 0 Å². The predicted octanol–water partition coefficient (Wildman–Crippen LogP) is 3.47. The monoisotopic (exact) mass is 274 g/mol. The third kappa shape index (κ3) is 3.83. The van der Waals surface area contributed by atoms with E-state index in [1.54, 1.807) is 0 Å². The number of likely N-dealkylation sites (N-methyl/N-ethyl adjacent to an activating group) is 1. The molecule has 0 bridgehead atoms. The lowest BCUT2D eigenvalue weighted by atomic mass is 9.86. The van der Waals surface area contributed by atoms with Gasteiger partial charge in [0.1, 0.15) is 0 Å². The third-order valence-electron chi connectivity index (χ3n) is 4.94. The molecule has 112 valence electrons. The van der Waals surface area contributed by atoms with Crippen LogP contribution in [0, 0.1) is 0 Å². The Morgan fingerprint density at radius 3 is 2.35 bits per heavy atom. The highest BCUT2D eigenvalue weighted by molar-refractivity contribution is 5.15. The summed E-state index contributed by atoms with van der Waals surface area (Å²) in [5.74, 6) is 0. The fraction of sp³-hybridized carbons (Fsp3) is 0.667. The lowest BCUT2D eigenvalue weighted by molar-refractivity contribution is 0.0608. The molecule has 1 aromatic carbocycles. The van der Waals surface area contributed by atoms with E-state index in [1.807, 2.05) is 0 Å². The Labute approximate surface area is 124 Å². The van der Waals surface area contributed by atoms with Crippen molar-refractivity contribution in [3.05, 3.63) is 35.9 Å². The van der Waals surface area contributed by atoms with Crippen molar-refractivity contribution in [1.29, 1.82) is 0 Å². The quantitative estimate of drug-likeness (QED) is 0.854. The number of rotatable bonds is 6. The molecule has 0 radical (unpaired) electrons. The van der Waals surface area contributed by atoms with E-state index in [9.17, 15) is 0 Å². The molecule has 20 heavy (non-hydrogen) atoms. The van der Waals surface area contributed by atoms with Gasteiger partial charge in [-0.25, -0.2) is 0 Å². The van der Waals surface area contributed by atoms with Gasteiger partial charge in [0.15, 0.2) is 0 Å². The van der Waals surface area contributed by atoms with Gasteiger partial charge in [0.2, 0.25) is 0 Å². The van der Waals surface area contributed by atoms with Gasteiger partial charge in [-0.15, -0.1) is 0 Å². The van der Waals surface area contributed by atoms with E-state index in [1.165, 1.54) is 44.3 Å². The second kappa shape index (κ2) is 7.24. The first-order valence-electron chi connectivity index (χ1n) is 8.11. The molecule has 1 saturated heterocycles. The Hall–Kier alpha value is -0.860. The van der Waals surface area contributed by atoms with Crippen LogP contribution in [0.5, 0.6) is 0 Å². The summed E-state index contributed by atoms with van der Waals surface area (Å²) in [6, 6.07) is 11.4. The molecular formula is C18H30N2. The third-order valence-corrected chi connectivity index (χ3v) is 4.94. The average Bonchev–Trinajstić information content (AvgIpc) is 2.49. The van der Waals surface area contributed by atoms with Crippen molar-refractivity contribution >= 4 is 0 Å². The van der Waals surface area contributed by atoms with E-state index in [2.05, 4.69) is 61.4 Å². The predicted molar refractivity (Wildman–Crippen MR) is 87.1 cm³/mol. The molecule has 2 nitrogen and oxygen atoms in total. The van der Waals surface area contributed by atoms with Crippen molar-refractivity contribution < 1.29 is 0 Å². The summed E-state index contributed by atoms with van der Waals surface area (Å²) in [6.07, 6.45) is 6.48. The van der Waals surface area contributed by atoms with Crippen LogP contribution in [-0.4, -0.2) is 36.6 Å². The summed E-state index contributed by atoms with van der Waals surface area (Å²) in [4.78, 5) is 2.68. The van der Waals surface area contributed by atoms with Crippen molar-refractivity contribution in [3.63, 3.8) is 0 Å². The van der Waals surface area contributed by atoms with Crippen LogP contribution in [0.25, 0.3) is 0 Å². The summed E-state index contributed by atoms with van der Waals surface area (Å²) in [5, 5.41) is 3.57. The maximum atomic E-state index is 3.57. The van der Waals surface area contributed by atoms with Gasteiger partial charge in [0, 0.05) is 11.6 Å². The lowest BCUT2D eigenvalue weighted by Crippen LogP contribution is -2.58. The smallest absolute Gasteiger partial charge is 0.0306 e. The van der Waals surface area contributed by atoms with E-state index >= 15 is 0 Å². The second-order valence-electron chi connectivity index (χ2n) is 6.57. The molecular weight excluding hydrogens is 244 g/mol. The van der Waals surface area contributed by atoms with Crippen LogP contribution in [0.3, 0.4) is 0 Å². The largest absolute Gasteiger partial charge is 0.315 e. The molecule has 0 amide bonds. The Morgan fingerprint density at radius 1 is 1.10 bits per heavy atom. The zero-order valence-corrected chi connectivity index (χ0v) is 13.4. The number of piperidine rings is 1. The minimum Gasteiger partial charge on any atom is -0.315 e. The lowest BCUT2D eigenvalue weighted by Gasteiger charge is -2.46. The highest BCUT2D eigenvalue weighted by Crippen LogP contribution is 2.26. The molecule has 0 spiro atoms. The molecule has 2 rings (SSSR count). The van der Waals surface area contributed by atoms with Crippen LogP contribution in [0.1, 0.15) is 45.1 Å². The van der Waals surface area contributed by atoms with Crippen molar-refractivity contribution in [3.8, 4) is 0 Å². The first kappa shape index (κ1) is 15.5. The van der Waals surface area contributed by atoms with E-state index in [0.717, 1.165) is 6.42 Å². The van der Waals surface area contributed by atoms with Gasteiger partial charge in [-0.2, -0.15) is 0 Å². The molecule has 1 aliphatic heterocycles. The topological polar surface area (TPSA) is 15.3 Å². The fourth-order valence-corrected chi connectivity index (χ4v) is 3.50. The summed E-state index contributed by atoms with van der Waals surface area (Å²) >= 11 is 0. The summed E-state index contributed by atoms with van der Waals surface area (Å²) in [5.41, 5.74) is 1.69. The van der Waals surface area contributed by atoms with Gasteiger partial charge in [-0.05, 0) is 65.2 Å². The Bertz CT molecular complexity index is 380. The van der Waals surface area contributed by atoms with Gasteiger partial charge < -0.3 is 5.32 Å². The van der Waals surface area contributed by atoms with Crippen LogP contribution in [0.15, 0.2) is 30.3 Å². The van der Waals surface area contributed by atoms with Crippen LogP contribution < -0.4 is 5.32 Å². The molecule has 1 heterocycles. The van der Waals surface area contributed by atoms with Gasteiger partial charge in [0.05, 0.1) is 0 Å². The summed E-state index contributed by atoms with van der Waals surface area (Å²) in [6.45, 7) is 7.34. The molecule has 1 aliphatic rings. The molecule has 0 aromatic heterocycles. The van der Waals surface area contributed by atoms with E-state index in [0.29, 0.717) is 6.04 Å². The minimum absolute atomic E-state index is 0.240. The first-order chi connectivity index (χ1) is 9.64. The molecule has 0 aliphatic carbocycles. The normalized spacial score (nSPS) is 18.9. The molecule has 1 aromatic rings. The maximum absolute atomic E-state index is 3.57. The van der Waals surface area contributed by atoms with E-state index < -0.39 is 0 Å². The van der Waals surface area contributed by atoms with Crippen molar-refractivity contribution in [2.75, 3.05) is 20.1 Å².